The average molecular weight is 290 g/mol. The van der Waals surface area contributed by atoms with Gasteiger partial charge in [0.15, 0.2) is 6.61 Å². The highest BCUT2D eigenvalue weighted by atomic mass is 16.5. The Balaban J connectivity index is 1.88. The van der Waals surface area contributed by atoms with Crippen molar-refractivity contribution in [3.63, 3.8) is 0 Å². The number of benzene rings is 1. The van der Waals surface area contributed by atoms with Crippen molar-refractivity contribution in [2.45, 2.75) is 33.2 Å². The Hall–Kier alpha value is -1.55. The van der Waals surface area contributed by atoms with Crippen LogP contribution in [-0.4, -0.2) is 43.1 Å². The van der Waals surface area contributed by atoms with Crippen molar-refractivity contribution >= 4 is 5.91 Å². The molecule has 1 aliphatic heterocycles. The van der Waals surface area contributed by atoms with Crippen molar-refractivity contribution in [3.05, 3.63) is 29.8 Å². The summed E-state index contributed by atoms with van der Waals surface area (Å²) in [5, 5.41) is 3.51. The number of aryl methyl sites for hydroxylation is 1. The highest BCUT2D eigenvalue weighted by Crippen LogP contribution is 2.13. The zero-order chi connectivity index (χ0) is 15.2. The molecule has 21 heavy (non-hydrogen) atoms. The maximum Gasteiger partial charge on any atom is 0.260 e. The SMILES string of the molecule is Cc1ccc(OCC(=O)N2CCCNC(C(C)C)C2)cc1. The third-order valence-electron chi connectivity index (χ3n) is 3.97. The molecule has 1 atom stereocenters. The number of ether oxygens (including phenoxy) is 1. The Morgan fingerprint density at radius 1 is 1.38 bits per heavy atom. The zero-order valence-electron chi connectivity index (χ0n) is 13.3. The van der Waals surface area contributed by atoms with E-state index >= 15 is 0 Å². The van der Waals surface area contributed by atoms with Gasteiger partial charge >= 0.3 is 0 Å². The van der Waals surface area contributed by atoms with Gasteiger partial charge in [-0.3, -0.25) is 4.79 Å². The first-order valence-electron chi connectivity index (χ1n) is 7.77. The fraction of sp³-hybridized carbons (Fsp3) is 0.588. The molecule has 1 unspecified atom stereocenters. The number of nitrogens with zero attached hydrogens (tertiary/aromatic N) is 1. The van der Waals surface area contributed by atoms with Crippen LogP contribution >= 0.6 is 0 Å². The van der Waals surface area contributed by atoms with Gasteiger partial charge in [-0.2, -0.15) is 0 Å². The van der Waals surface area contributed by atoms with Crippen LogP contribution in [0.5, 0.6) is 5.75 Å². The van der Waals surface area contributed by atoms with Crippen molar-refractivity contribution in [3.8, 4) is 5.75 Å². The molecule has 2 rings (SSSR count). The monoisotopic (exact) mass is 290 g/mol. The minimum Gasteiger partial charge on any atom is -0.484 e. The molecular formula is C17H26N2O2. The first kappa shape index (κ1) is 15.8. The quantitative estimate of drug-likeness (QED) is 0.924. The molecule has 4 heteroatoms. The Bertz CT molecular complexity index is 456. The van der Waals surface area contributed by atoms with E-state index in [1.54, 1.807) is 0 Å². The molecule has 4 nitrogen and oxygen atoms in total. The number of rotatable bonds is 4. The van der Waals surface area contributed by atoms with Crippen LogP contribution in [0.1, 0.15) is 25.8 Å². The summed E-state index contributed by atoms with van der Waals surface area (Å²) in [5.41, 5.74) is 1.19. The second-order valence-electron chi connectivity index (χ2n) is 6.10. The number of carbonyl (C=O) groups is 1. The van der Waals surface area contributed by atoms with Gasteiger partial charge in [-0.25, -0.2) is 0 Å². The normalized spacial score (nSPS) is 19.4. The van der Waals surface area contributed by atoms with Gasteiger partial charge in [0.1, 0.15) is 5.75 Å². The van der Waals surface area contributed by atoms with Crippen LogP contribution in [0.25, 0.3) is 0 Å². The van der Waals surface area contributed by atoms with Crippen LogP contribution in [0.3, 0.4) is 0 Å². The maximum atomic E-state index is 12.3. The molecule has 0 aliphatic carbocycles. The molecule has 1 heterocycles. The molecule has 0 bridgehead atoms. The summed E-state index contributed by atoms with van der Waals surface area (Å²) in [7, 11) is 0. The fourth-order valence-electron chi connectivity index (χ4n) is 2.49. The number of amides is 1. The molecule has 1 fully saturated rings. The second kappa shape index (κ2) is 7.46. The van der Waals surface area contributed by atoms with Crippen LogP contribution in [-0.2, 0) is 4.79 Å². The highest BCUT2D eigenvalue weighted by molar-refractivity contribution is 5.77. The van der Waals surface area contributed by atoms with Gasteiger partial charge in [-0.05, 0) is 37.9 Å². The van der Waals surface area contributed by atoms with Gasteiger partial charge in [0.05, 0.1) is 0 Å². The Labute approximate surface area is 127 Å². The summed E-state index contributed by atoms with van der Waals surface area (Å²) in [6.07, 6.45) is 0.999. The number of hydrogen-bond acceptors (Lipinski definition) is 3. The smallest absolute Gasteiger partial charge is 0.260 e. The summed E-state index contributed by atoms with van der Waals surface area (Å²) in [4.78, 5) is 14.3. The van der Waals surface area contributed by atoms with Gasteiger partial charge in [0.2, 0.25) is 0 Å². The summed E-state index contributed by atoms with van der Waals surface area (Å²) in [6.45, 7) is 9.09. The minimum absolute atomic E-state index is 0.0740. The van der Waals surface area contributed by atoms with Crippen molar-refractivity contribution in [2.75, 3.05) is 26.2 Å². The number of nitrogens with one attached hydrogen (secondary N) is 1. The van der Waals surface area contributed by atoms with Gasteiger partial charge in [-0.15, -0.1) is 0 Å². The van der Waals surface area contributed by atoms with E-state index < -0.39 is 0 Å². The molecule has 116 valence electrons. The Morgan fingerprint density at radius 3 is 2.76 bits per heavy atom. The lowest BCUT2D eigenvalue weighted by molar-refractivity contribution is -0.133. The summed E-state index contributed by atoms with van der Waals surface area (Å²) in [5.74, 6) is 1.35. The second-order valence-corrected chi connectivity index (χ2v) is 6.10. The molecule has 0 saturated carbocycles. The molecule has 0 aromatic heterocycles. The summed E-state index contributed by atoms with van der Waals surface area (Å²) in [6, 6.07) is 8.16. The highest BCUT2D eigenvalue weighted by Gasteiger charge is 2.23. The van der Waals surface area contributed by atoms with E-state index in [2.05, 4.69) is 19.2 Å². The van der Waals surface area contributed by atoms with Crippen LogP contribution < -0.4 is 10.1 Å². The minimum atomic E-state index is 0.0740. The molecular weight excluding hydrogens is 264 g/mol. The maximum absolute atomic E-state index is 12.3. The molecule has 1 aromatic rings. The van der Waals surface area contributed by atoms with Gasteiger partial charge < -0.3 is 15.0 Å². The molecule has 1 amide bonds. The van der Waals surface area contributed by atoms with E-state index in [-0.39, 0.29) is 12.5 Å². The van der Waals surface area contributed by atoms with E-state index in [1.807, 2.05) is 36.1 Å². The number of carbonyl (C=O) groups excluding carboxylic acids is 1. The van der Waals surface area contributed by atoms with E-state index in [0.717, 1.165) is 31.8 Å². The molecule has 1 aliphatic rings. The predicted octanol–water partition coefficient (Wildman–Crippen LogP) is 2.22. The number of hydrogen-bond donors (Lipinski definition) is 1. The van der Waals surface area contributed by atoms with Crippen molar-refractivity contribution in [1.29, 1.82) is 0 Å². The van der Waals surface area contributed by atoms with Crippen LogP contribution in [0.4, 0.5) is 0 Å². The van der Waals surface area contributed by atoms with E-state index in [4.69, 9.17) is 4.74 Å². The lowest BCUT2D eigenvalue weighted by atomic mass is 10.0. The van der Waals surface area contributed by atoms with Crippen molar-refractivity contribution in [2.24, 2.45) is 5.92 Å². The summed E-state index contributed by atoms with van der Waals surface area (Å²) >= 11 is 0. The largest absolute Gasteiger partial charge is 0.484 e. The predicted molar refractivity (Wildman–Crippen MR) is 84.5 cm³/mol. The molecule has 0 spiro atoms. The Morgan fingerprint density at radius 2 is 2.10 bits per heavy atom. The van der Waals surface area contributed by atoms with Crippen LogP contribution in [0, 0.1) is 12.8 Å². The van der Waals surface area contributed by atoms with Crippen LogP contribution in [0.2, 0.25) is 0 Å². The lowest BCUT2D eigenvalue weighted by Gasteiger charge is -2.26. The van der Waals surface area contributed by atoms with Gasteiger partial charge in [-0.1, -0.05) is 31.5 Å². The van der Waals surface area contributed by atoms with Crippen molar-refractivity contribution < 1.29 is 9.53 Å². The topological polar surface area (TPSA) is 41.6 Å². The average Bonchev–Trinajstić information content (AvgIpc) is 2.72. The van der Waals surface area contributed by atoms with E-state index in [1.165, 1.54) is 5.56 Å². The molecule has 1 saturated heterocycles. The molecule has 0 radical (unpaired) electrons. The fourth-order valence-corrected chi connectivity index (χ4v) is 2.49. The molecule has 1 aromatic carbocycles. The third kappa shape index (κ3) is 4.74. The lowest BCUT2D eigenvalue weighted by Crippen LogP contribution is -2.44. The zero-order valence-corrected chi connectivity index (χ0v) is 13.3. The van der Waals surface area contributed by atoms with E-state index in [0.29, 0.717) is 12.0 Å². The molecule has 1 N–H and O–H groups in total. The van der Waals surface area contributed by atoms with Crippen LogP contribution in [0.15, 0.2) is 24.3 Å². The third-order valence-corrected chi connectivity index (χ3v) is 3.97. The standard InChI is InChI=1S/C17H26N2O2/c1-13(2)16-11-19(10-4-9-18-16)17(20)12-21-15-7-5-14(3)6-8-15/h5-8,13,16,18H,4,9-12H2,1-3H3. The van der Waals surface area contributed by atoms with Gasteiger partial charge in [0, 0.05) is 19.1 Å². The van der Waals surface area contributed by atoms with Gasteiger partial charge in [0.25, 0.3) is 5.91 Å². The summed E-state index contributed by atoms with van der Waals surface area (Å²) < 4.78 is 5.60. The van der Waals surface area contributed by atoms with Crippen molar-refractivity contribution in [1.82, 2.24) is 10.2 Å². The Kier molecular flexibility index (Phi) is 5.62. The first-order chi connectivity index (χ1) is 10.1. The van der Waals surface area contributed by atoms with E-state index in [9.17, 15) is 4.79 Å². The first-order valence-corrected chi connectivity index (χ1v) is 7.77.